The number of carbonyl (C=O) groups is 1. The molecule has 2 heterocycles. The number of amides is 1. The van der Waals surface area contributed by atoms with Gasteiger partial charge in [-0.15, -0.1) is 5.10 Å². The Kier molecular flexibility index (Phi) is 7.05. The van der Waals surface area contributed by atoms with Gasteiger partial charge in [0.1, 0.15) is 11.6 Å². The van der Waals surface area contributed by atoms with E-state index in [1.165, 1.54) is 19.3 Å². The number of benzene rings is 1. The minimum Gasteiger partial charge on any atom is -0.483 e. The van der Waals surface area contributed by atoms with Crippen molar-refractivity contribution in [1.82, 2.24) is 15.1 Å². The zero-order chi connectivity index (χ0) is 20.8. The molecule has 30 heavy (non-hydrogen) atoms. The van der Waals surface area contributed by atoms with E-state index in [4.69, 9.17) is 16.3 Å². The molecule has 6 nitrogen and oxygen atoms in total. The summed E-state index contributed by atoms with van der Waals surface area (Å²) in [6, 6.07) is 9.85. The molecular formula is C23H29ClN4O2. The maximum atomic E-state index is 12.7. The summed E-state index contributed by atoms with van der Waals surface area (Å²) in [5.74, 6) is 2.10. The van der Waals surface area contributed by atoms with Crippen molar-refractivity contribution in [1.29, 1.82) is 0 Å². The average Bonchev–Trinajstić information content (AvgIpc) is 2.80. The molecule has 0 atom stereocenters. The molecule has 0 radical (unpaired) electrons. The van der Waals surface area contributed by atoms with Crippen LogP contribution < -0.4 is 10.1 Å². The van der Waals surface area contributed by atoms with Crippen molar-refractivity contribution >= 4 is 23.3 Å². The third-order valence-corrected chi connectivity index (χ3v) is 6.38. The first-order valence-corrected chi connectivity index (χ1v) is 11.3. The van der Waals surface area contributed by atoms with Crippen LogP contribution in [0, 0.1) is 0 Å². The number of piperidine rings is 1. The molecule has 7 heteroatoms. The number of nitrogens with one attached hydrogen (secondary N) is 1. The zero-order valence-corrected chi connectivity index (χ0v) is 18.0. The van der Waals surface area contributed by atoms with Gasteiger partial charge in [0, 0.05) is 30.4 Å². The SMILES string of the molecule is O=C(COc1ccc(Cl)cc1C1CCCCC1)N1CCC(Nc2cccnn2)CC1. The molecule has 1 aliphatic heterocycles. The van der Waals surface area contributed by atoms with E-state index in [1.807, 2.05) is 35.2 Å². The summed E-state index contributed by atoms with van der Waals surface area (Å²) in [6.45, 7) is 1.51. The number of anilines is 1. The molecule has 2 fully saturated rings. The molecule has 2 aromatic rings. The molecule has 0 unspecified atom stereocenters. The Balaban J connectivity index is 1.29. The number of hydrogen-bond acceptors (Lipinski definition) is 5. The smallest absolute Gasteiger partial charge is 0.260 e. The lowest BCUT2D eigenvalue weighted by Gasteiger charge is -2.32. The van der Waals surface area contributed by atoms with Crippen LogP contribution in [-0.2, 0) is 4.79 Å². The first-order chi connectivity index (χ1) is 14.7. The summed E-state index contributed by atoms with van der Waals surface area (Å²) < 4.78 is 6.00. The van der Waals surface area contributed by atoms with Gasteiger partial charge in [0.15, 0.2) is 6.61 Å². The molecule has 1 N–H and O–H groups in total. The second-order valence-electron chi connectivity index (χ2n) is 8.21. The Morgan fingerprint density at radius 3 is 2.67 bits per heavy atom. The highest BCUT2D eigenvalue weighted by Gasteiger charge is 2.24. The lowest BCUT2D eigenvalue weighted by molar-refractivity contribution is -0.134. The topological polar surface area (TPSA) is 67.3 Å². The maximum Gasteiger partial charge on any atom is 0.260 e. The van der Waals surface area contributed by atoms with Gasteiger partial charge < -0.3 is 15.0 Å². The van der Waals surface area contributed by atoms with Crippen LogP contribution in [0.25, 0.3) is 0 Å². The summed E-state index contributed by atoms with van der Waals surface area (Å²) in [5.41, 5.74) is 1.15. The van der Waals surface area contributed by atoms with E-state index >= 15 is 0 Å². The largest absolute Gasteiger partial charge is 0.483 e. The van der Waals surface area contributed by atoms with E-state index in [-0.39, 0.29) is 12.5 Å². The molecule has 0 bridgehead atoms. The number of halogens is 1. The molecule has 1 amide bonds. The van der Waals surface area contributed by atoms with Gasteiger partial charge in [-0.2, -0.15) is 5.10 Å². The Bertz CT molecular complexity index is 834. The van der Waals surface area contributed by atoms with Crippen LogP contribution in [0.1, 0.15) is 56.4 Å². The second kappa shape index (κ2) is 10.1. The van der Waals surface area contributed by atoms with Crippen LogP contribution in [0.2, 0.25) is 5.02 Å². The van der Waals surface area contributed by atoms with Gasteiger partial charge in [0.05, 0.1) is 0 Å². The number of ether oxygens (including phenoxy) is 1. The normalized spacial score (nSPS) is 18.2. The van der Waals surface area contributed by atoms with Gasteiger partial charge in [-0.3, -0.25) is 4.79 Å². The van der Waals surface area contributed by atoms with Gasteiger partial charge in [0.25, 0.3) is 5.91 Å². The molecule has 2 aliphatic rings. The van der Waals surface area contributed by atoms with Crippen LogP contribution in [0.3, 0.4) is 0 Å². The summed E-state index contributed by atoms with van der Waals surface area (Å²) in [4.78, 5) is 14.6. The van der Waals surface area contributed by atoms with Crippen LogP contribution in [0.4, 0.5) is 5.82 Å². The van der Waals surface area contributed by atoms with Crippen molar-refractivity contribution in [2.24, 2.45) is 0 Å². The minimum absolute atomic E-state index is 0.0393. The number of nitrogens with zero attached hydrogens (tertiary/aromatic N) is 3. The van der Waals surface area contributed by atoms with E-state index in [2.05, 4.69) is 15.5 Å². The van der Waals surface area contributed by atoms with Crippen LogP contribution in [0.5, 0.6) is 5.75 Å². The average molecular weight is 429 g/mol. The zero-order valence-electron chi connectivity index (χ0n) is 17.2. The summed E-state index contributed by atoms with van der Waals surface area (Å²) >= 11 is 6.25. The molecule has 160 valence electrons. The van der Waals surface area contributed by atoms with E-state index in [9.17, 15) is 4.79 Å². The van der Waals surface area contributed by atoms with Gasteiger partial charge in [-0.05, 0) is 67.5 Å². The number of carbonyl (C=O) groups excluding carboxylic acids is 1. The first kappa shape index (κ1) is 20.9. The predicted octanol–water partition coefficient (Wildman–Crippen LogP) is 4.66. The lowest BCUT2D eigenvalue weighted by atomic mass is 9.84. The molecule has 0 spiro atoms. The highest BCUT2D eigenvalue weighted by molar-refractivity contribution is 6.30. The van der Waals surface area contributed by atoms with E-state index in [0.29, 0.717) is 12.0 Å². The number of hydrogen-bond donors (Lipinski definition) is 1. The Morgan fingerprint density at radius 1 is 1.13 bits per heavy atom. The third-order valence-electron chi connectivity index (χ3n) is 6.14. The fourth-order valence-corrected chi connectivity index (χ4v) is 4.66. The Morgan fingerprint density at radius 2 is 1.93 bits per heavy atom. The van der Waals surface area contributed by atoms with Crippen molar-refractivity contribution in [3.63, 3.8) is 0 Å². The summed E-state index contributed by atoms with van der Waals surface area (Å²) in [7, 11) is 0. The van der Waals surface area contributed by atoms with Gasteiger partial charge in [0.2, 0.25) is 0 Å². The molecule has 1 aromatic heterocycles. The standard InChI is InChI=1S/C23H29ClN4O2/c24-18-8-9-21(20(15-18)17-5-2-1-3-6-17)30-16-23(29)28-13-10-19(11-14-28)26-22-7-4-12-25-27-22/h4,7-9,12,15,17,19H,1-3,5-6,10-11,13-14,16H2,(H,26,27). The third kappa shape index (κ3) is 5.42. The monoisotopic (exact) mass is 428 g/mol. The quantitative estimate of drug-likeness (QED) is 0.724. The maximum absolute atomic E-state index is 12.7. The second-order valence-corrected chi connectivity index (χ2v) is 8.65. The van der Waals surface area contributed by atoms with Crippen LogP contribution in [0.15, 0.2) is 36.5 Å². The van der Waals surface area contributed by atoms with Crippen molar-refractivity contribution in [3.05, 3.63) is 47.1 Å². The highest BCUT2D eigenvalue weighted by Crippen LogP contribution is 2.38. The molecule has 1 aliphatic carbocycles. The molecule has 4 rings (SSSR count). The van der Waals surface area contributed by atoms with Crippen molar-refractivity contribution in [2.75, 3.05) is 25.0 Å². The van der Waals surface area contributed by atoms with Crippen molar-refractivity contribution < 1.29 is 9.53 Å². The molecule has 1 saturated heterocycles. The highest BCUT2D eigenvalue weighted by atomic mass is 35.5. The lowest BCUT2D eigenvalue weighted by Crippen LogP contribution is -2.44. The summed E-state index contributed by atoms with van der Waals surface area (Å²) in [6.07, 6.45) is 9.54. The van der Waals surface area contributed by atoms with Gasteiger partial charge >= 0.3 is 0 Å². The Hall–Kier alpha value is -2.34. The first-order valence-electron chi connectivity index (χ1n) is 10.9. The van der Waals surface area contributed by atoms with Crippen LogP contribution in [-0.4, -0.2) is 46.7 Å². The number of likely N-dealkylation sites (tertiary alicyclic amines) is 1. The molecule has 1 saturated carbocycles. The number of aromatic nitrogens is 2. The number of rotatable bonds is 6. The minimum atomic E-state index is 0.0393. The molecular weight excluding hydrogens is 400 g/mol. The van der Waals surface area contributed by atoms with E-state index in [1.54, 1.807) is 6.20 Å². The fourth-order valence-electron chi connectivity index (χ4n) is 4.48. The van der Waals surface area contributed by atoms with Gasteiger partial charge in [-0.1, -0.05) is 30.9 Å². The van der Waals surface area contributed by atoms with Crippen molar-refractivity contribution in [2.45, 2.75) is 56.9 Å². The Labute approximate surface area is 183 Å². The van der Waals surface area contributed by atoms with Crippen LogP contribution >= 0.6 is 11.6 Å². The predicted molar refractivity (Wildman–Crippen MR) is 118 cm³/mol. The van der Waals surface area contributed by atoms with Crippen molar-refractivity contribution in [3.8, 4) is 5.75 Å². The fraction of sp³-hybridized carbons (Fsp3) is 0.522. The van der Waals surface area contributed by atoms with E-state index in [0.717, 1.165) is 60.9 Å². The van der Waals surface area contributed by atoms with E-state index < -0.39 is 0 Å². The summed E-state index contributed by atoms with van der Waals surface area (Å²) in [5, 5.41) is 12.1. The molecule has 1 aromatic carbocycles. The van der Waals surface area contributed by atoms with Gasteiger partial charge in [-0.25, -0.2) is 0 Å².